The Kier molecular flexibility index (Phi) is 6.03. The highest BCUT2D eigenvalue weighted by Gasteiger charge is 2.20. The minimum absolute atomic E-state index is 0.318. The van der Waals surface area contributed by atoms with Crippen LogP contribution in [-0.2, 0) is 17.9 Å². The maximum Gasteiger partial charge on any atom is 0.150 e. The number of hydrogen-bond acceptors (Lipinski definition) is 7. The molecule has 0 amide bonds. The number of β-amino-alcohol motifs (C(OH)–C–C–N with tert-alkyl or cyclic N) is 1. The van der Waals surface area contributed by atoms with E-state index in [2.05, 4.69) is 15.0 Å². The third-order valence-corrected chi connectivity index (χ3v) is 4.12. The number of aryl methyl sites for hydroxylation is 1. The zero-order valence-corrected chi connectivity index (χ0v) is 14.1. The van der Waals surface area contributed by atoms with Gasteiger partial charge in [-0.1, -0.05) is 5.16 Å². The molecule has 132 valence electrons. The fraction of sp³-hybridized carbons (Fsp3) is 0.588. The maximum absolute atomic E-state index is 10.1. The first-order valence-corrected chi connectivity index (χ1v) is 8.34. The first kappa shape index (κ1) is 17.2. The second-order valence-electron chi connectivity index (χ2n) is 6.26. The lowest BCUT2D eigenvalue weighted by atomic mass is 10.2. The molecular weight excluding hydrogens is 310 g/mol. The highest BCUT2D eigenvalue weighted by molar-refractivity contribution is 5.03. The molecule has 3 heterocycles. The summed E-state index contributed by atoms with van der Waals surface area (Å²) < 4.78 is 15.9. The summed E-state index contributed by atoms with van der Waals surface area (Å²) in [5.74, 6) is 1.69. The minimum Gasteiger partial charge on any atom is -0.467 e. The molecule has 1 atom stereocenters. The quantitative estimate of drug-likeness (QED) is 0.778. The molecule has 0 unspecified atom stereocenters. The van der Waals surface area contributed by atoms with Gasteiger partial charge in [-0.15, -0.1) is 0 Å². The summed E-state index contributed by atoms with van der Waals surface area (Å²) in [7, 11) is 0. The number of aliphatic hydroxyl groups excluding tert-OH is 1. The van der Waals surface area contributed by atoms with E-state index in [-0.39, 0.29) is 0 Å². The van der Waals surface area contributed by atoms with Gasteiger partial charge in [-0.05, 0) is 19.1 Å². The summed E-state index contributed by atoms with van der Waals surface area (Å²) in [5, 5.41) is 14.0. The van der Waals surface area contributed by atoms with Crippen LogP contribution in [0.25, 0.3) is 0 Å². The average Bonchev–Trinajstić information content (AvgIpc) is 3.21. The van der Waals surface area contributed by atoms with Crippen LogP contribution in [0.1, 0.15) is 17.2 Å². The van der Waals surface area contributed by atoms with E-state index in [4.69, 9.17) is 13.7 Å². The van der Waals surface area contributed by atoms with Crippen molar-refractivity contribution in [1.29, 1.82) is 0 Å². The fourth-order valence-electron chi connectivity index (χ4n) is 2.88. The molecule has 1 aliphatic heterocycles. The van der Waals surface area contributed by atoms with Gasteiger partial charge in [0.25, 0.3) is 0 Å². The maximum atomic E-state index is 10.1. The molecule has 0 aliphatic carbocycles. The molecular formula is C17H25N3O4. The van der Waals surface area contributed by atoms with Crippen molar-refractivity contribution in [3.63, 3.8) is 0 Å². The fourth-order valence-corrected chi connectivity index (χ4v) is 2.88. The molecule has 1 N–H and O–H groups in total. The Bertz CT molecular complexity index is 591. The van der Waals surface area contributed by atoms with Crippen molar-refractivity contribution in [2.24, 2.45) is 0 Å². The first-order valence-electron chi connectivity index (χ1n) is 8.34. The topological polar surface area (TPSA) is 75.1 Å². The molecule has 7 nitrogen and oxygen atoms in total. The lowest BCUT2D eigenvalue weighted by Crippen LogP contribution is -2.48. The van der Waals surface area contributed by atoms with Crippen LogP contribution < -0.4 is 0 Å². The van der Waals surface area contributed by atoms with Gasteiger partial charge in [0.2, 0.25) is 0 Å². The third kappa shape index (κ3) is 5.17. The molecule has 1 aliphatic rings. The van der Waals surface area contributed by atoms with Crippen LogP contribution in [0.15, 0.2) is 33.4 Å². The van der Waals surface area contributed by atoms with Crippen molar-refractivity contribution in [2.45, 2.75) is 26.2 Å². The largest absolute Gasteiger partial charge is 0.467 e. The molecule has 24 heavy (non-hydrogen) atoms. The van der Waals surface area contributed by atoms with Crippen molar-refractivity contribution in [2.75, 3.05) is 39.3 Å². The Morgan fingerprint density at radius 1 is 1.25 bits per heavy atom. The van der Waals surface area contributed by atoms with E-state index in [0.717, 1.165) is 49.9 Å². The summed E-state index contributed by atoms with van der Waals surface area (Å²) in [6.45, 7) is 7.86. The number of rotatable bonds is 8. The number of hydrogen-bond donors (Lipinski definition) is 1. The van der Waals surface area contributed by atoms with E-state index in [1.807, 2.05) is 25.1 Å². The van der Waals surface area contributed by atoms with Gasteiger partial charge in [-0.25, -0.2) is 0 Å². The highest BCUT2D eigenvalue weighted by Crippen LogP contribution is 2.10. The number of furan rings is 1. The van der Waals surface area contributed by atoms with Crippen molar-refractivity contribution in [3.8, 4) is 0 Å². The van der Waals surface area contributed by atoms with Gasteiger partial charge in [-0.3, -0.25) is 9.80 Å². The number of nitrogens with zero attached hydrogens (tertiary/aromatic N) is 3. The molecule has 0 bridgehead atoms. The van der Waals surface area contributed by atoms with Crippen molar-refractivity contribution < 1.29 is 18.8 Å². The zero-order valence-electron chi connectivity index (χ0n) is 14.1. The van der Waals surface area contributed by atoms with Gasteiger partial charge in [0.1, 0.15) is 12.4 Å². The Labute approximate surface area is 141 Å². The molecule has 0 saturated carbocycles. The van der Waals surface area contributed by atoms with E-state index in [1.54, 1.807) is 6.26 Å². The molecule has 2 aromatic rings. The molecule has 0 aromatic carbocycles. The Morgan fingerprint density at radius 3 is 2.71 bits per heavy atom. The molecule has 0 radical (unpaired) electrons. The molecule has 0 spiro atoms. The predicted octanol–water partition coefficient (Wildman–Crippen LogP) is 1.27. The van der Waals surface area contributed by atoms with Gasteiger partial charge in [0.05, 0.1) is 31.2 Å². The SMILES string of the molecule is Cc1cc(CN2CCN(C[C@H](O)COCc3ccco3)CC2)on1. The van der Waals surface area contributed by atoms with Gasteiger partial charge in [0.15, 0.2) is 5.76 Å². The minimum atomic E-state index is -0.483. The van der Waals surface area contributed by atoms with Crippen LogP contribution in [0, 0.1) is 6.92 Å². The summed E-state index contributed by atoms with van der Waals surface area (Å²) in [4.78, 5) is 4.61. The average molecular weight is 335 g/mol. The second-order valence-corrected chi connectivity index (χ2v) is 6.26. The third-order valence-electron chi connectivity index (χ3n) is 4.12. The molecule has 7 heteroatoms. The lowest BCUT2D eigenvalue weighted by molar-refractivity contribution is -0.00352. The summed E-state index contributed by atoms with van der Waals surface area (Å²) in [5.41, 5.74) is 0.918. The first-order chi connectivity index (χ1) is 11.7. The summed E-state index contributed by atoms with van der Waals surface area (Å²) >= 11 is 0. The van der Waals surface area contributed by atoms with Crippen molar-refractivity contribution in [3.05, 3.63) is 41.7 Å². The van der Waals surface area contributed by atoms with Crippen LogP contribution in [0.4, 0.5) is 0 Å². The number of piperazine rings is 1. The normalized spacial score (nSPS) is 18.1. The van der Waals surface area contributed by atoms with Crippen LogP contribution in [0.3, 0.4) is 0 Å². The molecule has 2 aromatic heterocycles. The number of aromatic nitrogens is 1. The Morgan fingerprint density at radius 2 is 2.04 bits per heavy atom. The second kappa shape index (κ2) is 8.43. The predicted molar refractivity (Wildman–Crippen MR) is 87.3 cm³/mol. The van der Waals surface area contributed by atoms with Gasteiger partial charge < -0.3 is 18.8 Å². The molecule has 3 rings (SSSR count). The summed E-state index contributed by atoms with van der Waals surface area (Å²) in [6.07, 6.45) is 1.14. The number of aliphatic hydroxyl groups is 1. The molecule has 1 fully saturated rings. The van der Waals surface area contributed by atoms with Gasteiger partial charge in [0, 0.05) is 38.8 Å². The Hall–Kier alpha value is -1.67. The van der Waals surface area contributed by atoms with E-state index in [1.165, 1.54) is 0 Å². The zero-order chi connectivity index (χ0) is 16.8. The van der Waals surface area contributed by atoms with Crippen molar-refractivity contribution in [1.82, 2.24) is 15.0 Å². The van der Waals surface area contributed by atoms with E-state index < -0.39 is 6.10 Å². The number of ether oxygens (including phenoxy) is 1. The summed E-state index contributed by atoms with van der Waals surface area (Å²) in [6, 6.07) is 5.67. The van der Waals surface area contributed by atoms with Gasteiger partial charge in [-0.2, -0.15) is 0 Å². The van der Waals surface area contributed by atoms with E-state index >= 15 is 0 Å². The molecule has 1 saturated heterocycles. The Balaban J connectivity index is 1.31. The van der Waals surface area contributed by atoms with Crippen LogP contribution >= 0.6 is 0 Å². The monoisotopic (exact) mass is 335 g/mol. The van der Waals surface area contributed by atoms with E-state index in [9.17, 15) is 5.11 Å². The highest BCUT2D eigenvalue weighted by atomic mass is 16.5. The van der Waals surface area contributed by atoms with Gasteiger partial charge >= 0.3 is 0 Å². The smallest absolute Gasteiger partial charge is 0.150 e. The van der Waals surface area contributed by atoms with Crippen molar-refractivity contribution >= 4 is 0 Å². The van der Waals surface area contributed by atoms with Crippen LogP contribution in [0.5, 0.6) is 0 Å². The standard InChI is InChI=1S/C17H25N3O4/c1-14-9-17(24-18-14)11-20-6-4-19(5-7-20)10-15(21)12-22-13-16-3-2-8-23-16/h2-3,8-9,15,21H,4-7,10-13H2,1H3/t15-/m0/s1. The van der Waals surface area contributed by atoms with Crippen LogP contribution in [0.2, 0.25) is 0 Å². The van der Waals surface area contributed by atoms with E-state index in [0.29, 0.717) is 19.8 Å². The lowest BCUT2D eigenvalue weighted by Gasteiger charge is -2.35. The van der Waals surface area contributed by atoms with Crippen LogP contribution in [-0.4, -0.2) is 65.5 Å².